The van der Waals surface area contributed by atoms with Crippen molar-refractivity contribution < 1.29 is 4.79 Å². The third-order valence-electron chi connectivity index (χ3n) is 3.21. The van der Waals surface area contributed by atoms with Crippen LogP contribution in [-0.2, 0) is 10.5 Å². The number of rotatable bonds is 6. The van der Waals surface area contributed by atoms with Gasteiger partial charge < -0.3 is 5.32 Å². The van der Waals surface area contributed by atoms with Crippen LogP contribution in [0.25, 0.3) is 0 Å². The summed E-state index contributed by atoms with van der Waals surface area (Å²) in [5.41, 5.74) is 3.57. The number of hydrogen-bond donors (Lipinski definition) is 1. The lowest BCUT2D eigenvalue weighted by molar-refractivity contribution is -0.117. The molecule has 1 atom stereocenters. The van der Waals surface area contributed by atoms with E-state index in [2.05, 4.69) is 5.32 Å². The zero-order chi connectivity index (χ0) is 15.8. The fourth-order valence-corrected chi connectivity index (χ4v) is 3.03. The highest BCUT2D eigenvalue weighted by molar-refractivity contribution is 8.03. The Balaban J connectivity index is 1.92. The van der Waals surface area contributed by atoms with E-state index in [9.17, 15) is 4.79 Å². The Labute approximate surface area is 140 Å². The van der Waals surface area contributed by atoms with Gasteiger partial charge in [0.25, 0.3) is 5.91 Å². The van der Waals surface area contributed by atoms with Gasteiger partial charge in [0.2, 0.25) is 0 Å². The van der Waals surface area contributed by atoms with Crippen LogP contribution in [0.3, 0.4) is 0 Å². The minimum atomic E-state index is -0.146. The average Bonchev–Trinajstić information content (AvgIpc) is 2.57. The Hall–Kier alpha value is -1.71. The molecule has 0 spiro atoms. The molecule has 0 aliphatic rings. The summed E-state index contributed by atoms with van der Waals surface area (Å²) in [5, 5.41) is 2.97. The maximum atomic E-state index is 12.3. The Kier molecular flexibility index (Phi) is 6.56. The van der Waals surface area contributed by atoms with Crippen molar-refractivity contribution >= 4 is 29.3 Å². The predicted molar refractivity (Wildman–Crippen MR) is 94.7 cm³/mol. The first-order chi connectivity index (χ1) is 10.7. The van der Waals surface area contributed by atoms with E-state index in [-0.39, 0.29) is 11.9 Å². The maximum Gasteiger partial charge on any atom is 0.259 e. The van der Waals surface area contributed by atoms with Gasteiger partial charge in [0.05, 0.1) is 10.9 Å². The molecule has 1 amide bonds. The number of hydrogen-bond acceptors (Lipinski definition) is 2. The van der Waals surface area contributed by atoms with Crippen molar-refractivity contribution in [2.45, 2.75) is 18.7 Å². The Morgan fingerprint density at radius 2 is 1.73 bits per heavy atom. The molecule has 0 radical (unpaired) electrons. The van der Waals surface area contributed by atoms with E-state index in [1.54, 1.807) is 0 Å². The number of benzene rings is 2. The predicted octanol–water partition coefficient (Wildman–Crippen LogP) is 4.88. The maximum absolute atomic E-state index is 12.3. The summed E-state index contributed by atoms with van der Waals surface area (Å²) in [7, 11) is 0. The number of halogens is 1. The average molecular weight is 332 g/mol. The van der Waals surface area contributed by atoms with Crippen LogP contribution in [0.15, 0.2) is 71.1 Å². The summed E-state index contributed by atoms with van der Waals surface area (Å²) in [4.78, 5) is 12.8. The smallest absolute Gasteiger partial charge is 0.259 e. The molecule has 0 aliphatic heterocycles. The molecule has 0 heterocycles. The van der Waals surface area contributed by atoms with Crippen LogP contribution in [-0.4, -0.2) is 5.91 Å². The highest BCUT2D eigenvalue weighted by Crippen LogP contribution is 2.23. The first kappa shape index (κ1) is 16.7. The normalized spacial score (nSPS) is 12.7. The van der Waals surface area contributed by atoms with E-state index in [1.165, 1.54) is 17.3 Å². The van der Waals surface area contributed by atoms with Crippen LogP contribution in [0.1, 0.15) is 24.1 Å². The molecular weight excluding hydrogens is 314 g/mol. The first-order valence-electron chi connectivity index (χ1n) is 7.03. The number of carbonyl (C=O) groups excluding carboxylic acids is 1. The van der Waals surface area contributed by atoms with Gasteiger partial charge in [0, 0.05) is 11.3 Å². The molecule has 2 rings (SSSR count). The van der Waals surface area contributed by atoms with E-state index >= 15 is 0 Å². The van der Waals surface area contributed by atoms with Crippen molar-refractivity contribution in [2.24, 2.45) is 0 Å². The van der Waals surface area contributed by atoms with Gasteiger partial charge in [0.1, 0.15) is 0 Å². The van der Waals surface area contributed by atoms with Gasteiger partial charge in [-0.1, -0.05) is 72.3 Å². The van der Waals surface area contributed by atoms with Gasteiger partial charge in [-0.3, -0.25) is 4.79 Å². The highest BCUT2D eigenvalue weighted by Gasteiger charge is 2.14. The molecular formula is C18H18ClNOS. The molecule has 2 nitrogen and oxygen atoms in total. The molecule has 2 aromatic rings. The second-order valence-electron chi connectivity index (χ2n) is 4.85. The quantitative estimate of drug-likeness (QED) is 0.764. The summed E-state index contributed by atoms with van der Waals surface area (Å²) >= 11 is 7.25. The van der Waals surface area contributed by atoms with Gasteiger partial charge in [0.15, 0.2) is 0 Å². The third kappa shape index (κ3) is 4.93. The zero-order valence-electron chi connectivity index (χ0n) is 12.3. The van der Waals surface area contributed by atoms with E-state index in [0.717, 1.165) is 11.1 Å². The Morgan fingerprint density at radius 3 is 2.32 bits per heavy atom. The number of nitrogens with one attached hydrogen (secondary N) is 1. The first-order valence-corrected chi connectivity index (χ1v) is 8.46. The Morgan fingerprint density at radius 1 is 1.14 bits per heavy atom. The van der Waals surface area contributed by atoms with E-state index < -0.39 is 0 Å². The largest absolute Gasteiger partial charge is 0.345 e. The highest BCUT2D eigenvalue weighted by atomic mass is 35.5. The molecule has 0 bridgehead atoms. The number of thioether (sulfide) groups is 1. The van der Waals surface area contributed by atoms with Crippen molar-refractivity contribution in [3.63, 3.8) is 0 Å². The van der Waals surface area contributed by atoms with Crippen LogP contribution >= 0.6 is 23.4 Å². The minimum absolute atomic E-state index is 0.0577. The number of carbonyl (C=O) groups is 1. The van der Waals surface area contributed by atoms with E-state index in [0.29, 0.717) is 10.7 Å². The summed E-state index contributed by atoms with van der Waals surface area (Å²) in [5.74, 6) is 0.569. The molecule has 114 valence electrons. The second kappa shape index (κ2) is 8.66. The SMILES string of the molecule is C[C@@H](NC(=O)/C(=C/Cl)SCc1ccccc1)c1ccccc1. The second-order valence-corrected chi connectivity index (χ2v) is 6.09. The number of amides is 1. The fraction of sp³-hybridized carbons (Fsp3) is 0.167. The molecule has 1 N–H and O–H groups in total. The molecule has 0 saturated carbocycles. The molecule has 0 fully saturated rings. The van der Waals surface area contributed by atoms with Gasteiger partial charge >= 0.3 is 0 Å². The molecule has 0 aromatic heterocycles. The summed E-state index contributed by atoms with van der Waals surface area (Å²) in [6, 6.07) is 19.8. The van der Waals surface area contributed by atoms with Crippen LogP contribution in [0.4, 0.5) is 0 Å². The standard InChI is InChI=1S/C18H18ClNOS/c1-14(16-10-6-3-7-11-16)20-18(21)17(12-19)22-13-15-8-4-2-5-9-15/h2-12,14H,13H2,1H3,(H,20,21)/b17-12-/t14-/m1/s1. The van der Waals surface area contributed by atoms with Gasteiger partial charge in [-0.15, -0.1) is 11.8 Å². The van der Waals surface area contributed by atoms with Gasteiger partial charge in [-0.2, -0.15) is 0 Å². The molecule has 0 aliphatic carbocycles. The van der Waals surface area contributed by atoms with E-state index in [1.807, 2.05) is 67.6 Å². The van der Waals surface area contributed by atoms with E-state index in [4.69, 9.17) is 11.6 Å². The molecule has 4 heteroatoms. The van der Waals surface area contributed by atoms with Crippen LogP contribution in [0.2, 0.25) is 0 Å². The van der Waals surface area contributed by atoms with Crippen molar-refractivity contribution in [2.75, 3.05) is 0 Å². The monoisotopic (exact) mass is 331 g/mol. The van der Waals surface area contributed by atoms with Crippen molar-refractivity contribution in [1.29, 1.82) is 0 Å². The lowest BCUT2D eigenvalue weighted by atomic mass is 10.1. The zero-order valence-corrected chi connectivity index (χ0v) is 13.9. The summed E-state index contributed by atoms with van der Waals surface area (Å²) < 4.78 is 0. The molecule has 22 heavy (non-hydrogen) atoms. The fourth-order valence-electron chi connectivity index (χ4n) is 1.97. The Bertz CT molecular complexity index is 628. The van der Waals surface area contributed by atoms with Crippen molar-refractivity contribution in [3.05, 3.63) is 82.2 Å². The summed E-state index contributed by atoms with van der Waals surface area (Å²) in [6.07, 6.45) is 0. The molecule has 2 aromatic carbocycles. The van der Waals surface area contributed by atoms with Crippen LogP contribution in [0.5, 0.6) is 0 Å². The lowest BCUT2D eigenvalue weighted by Gasteiger charge is -2.15. The van der Waals surface area contributed by atoms with Crippen LogP contribution in [0, 0.1) is 0 Å². The van der Waals surface area contributed by atoms with Crippen LogP contribution < -0.4 is 5.32 Å². The minimum Gasteiger partial charge on any atom is -0.345 e. The third-order valence-corrected chi connectivity index (χ3v) is 4.65. The van der Waals surface area contributed by atoms with Crippen molar-refractivity contribution in [1.82, 2.24) is 5.32 Å². The summed E-state index contributed by atoms with van der Waals surface area (Å²) in [6.45, 7) is 1.96. The van der Waals surface area contributed by atoms with Gasteiger partial charge in [-0.05, 0) is 18.1 Å². The van der Waals surface area contributed by atoms with Crippen molar-refractivity contribution in [3.8, 4) is 0 Å². The molecule has 0 saturated heterocycles. The van der Waals surface area contributed by atoms with Gasteiger partial charge in [-0.25, -0.2) is 0 Å². The lowest BCUT2D eigenvalue weighted by Crippen LogP contribution is -2.27. The molecule has 0 unspecified atom stereocenters. The topological polar surface area (TPSA) is 29.1 Å².